The van der Waals surface area contributed by atoms with Crippen molar-refractivity contribution in [3.63, 3.8) is 0 Å². The van der Waals surface area contributed by atoms with Crippen LogP contribution in [0.2, 0.25) is 6.04 Å². The smallest absolute Gasteiger partial charge is 0.377 e. The molecule has 0 saturated heterocycles. The van der Waals surface area contributed by atoms with Crippen molar-refractivity contribution in [2.24, 2.45) is 0 Å². The standard InChI is InChI=1S/C12H19FO3Si/c1-10(9-17(14-2,15-3)16-4)11-7-5-6-8-12(11)13/h5-8,10H,9H2,1-4H3. The molecule has 0 aliphatic rings. The zero-order valence-electron chi connectivity index (χ0n) is 10.7. The Balaban J connectivity index is 2.84. The van der Waals surface area contributed by atoms with Gasteiger partial charge in [0.15, 0.2) is 0 Å². The van der Waals surface area contributed by atoms with Gasteiger partial charge < -0.3 is 13.3 Å². The van der Waals surface area contributed by atoms with E-state index in [-0.39, 0.29) is 11.7 Å². The van der Waals surface area contributed by atoms with Crippen LogP contribution in [0.25, 0.3) is 0 Å². The van der Waals surface area contributed by atoms with Gasteiger partial charge in [-0.3, -0.25) is 0 Å². The van der Waals surface area contributed by atoms with Crippen LogP contribution in [0.1, 0.15) is 18.4 Å². The van der Waals surface area contributed by atoms with Crippen LogP contribution in [0.4, 0.5) is 4.39 Å². The first kappa shape index (κ1) is 14.3. The monoisotopic (exact) mass is 258 g/mol. The van der Waals surface area contributed by atoms with Crippen molar-refractivity contribution in [2.75, 3.05) is 21.3 Å². The summed E-state index contributed by atoms with van der Waals surface area (Å²) in [5, 5.41) is 0. The first-order valence-corrected chi connectivity index (χ1v) is 7.41. The van der Waals surface area contributed by atoms with Crippen molar-refractivity contribution >= 4 is 8.80 Å². The van der Waals surface area contributed by atoms with E-state index in [1.807, 2.05) is 13.0 Å². The third-order valence-corrected chi connectivity index (χ3v) is 5.90. The minimum absolute atomic E-state index is 0.0114. The van der Waals surface area contributed by atoms with Gasteiger partial charge in [-0.15, -0.1) is 0 Å². The average Bonchev–Trinajstić information content (AvgIpc) is 2.36. The summed E-state index contributed by atoms with van der Waals surface area (Å²) in [4.78, 5) is 0. The third-order valence-electron chi connectivity index (χ3n) is 2.93. The molecule has 0 aromatic heterocycles. The Morgan fingerprint density at radius 3 is 2.12 bits per heavy atom. The molecule has 0 bridgehead atoms. The van der Waals surface area contributed by atoms with Gasteiger partial charge in [-0.1, -0.05) is 25.1 Å². The molecule has 0 N–H and O–H groups in total. The van der Waals surface area contributed by atoms with Crippen LogP contribution in [0.5, 0.6) is 0 Å². The molecule has 5 heteroatoms. The minimum Gasteiger partial charge on any atom is -0.377 e. The van der Waals surface area contributed by atoms with E-state index in [2.05, 4.69) is 0 Å². The summed E-state index contributed by atoms with van der Waals surface area (Å²) in [6, 6.07) is 7.29. The molecule has 0 amide bonds. The van der Waals surface area contributed by atoms with Gasteiger partial charge in [-0.25, -0.2) is 4.39 Å². The molecule has 1 aromatic carbocycles. The van der Waals surface area contributed by atoms with E-state index in [0.717, 1.165) is 0 Å². The molecule has 0 aliphatic carbocycles. The number of halogens is 1. The Morgan fingerprint density at radius 2 is 1.65 bits per heavy atom. The summed E-state index contributed by atoms with van der Waals surface area (Å²) in [7, 11) is 2.04. The molecule has 96 valence electrons. The Hall–Kier alpha value is -0.753. The van der Waals surface area contributed by atoms with Gasteiger partial charge in [0.1, 0.15) is 5.82 Å². The predicted molar refractivity (Wildman–Crippen MR) is 66.4 cm³/mol. The second kappa shape index (κ2) is 6.25. The Morgan fingerprint density at radius 1 is 1.12 bits per heavy atom. The molecule has 17 heavy (non-hydrogen) atoms. The topological polar surface area (TPSA) is 27.7 Å². The van der Waals surface area contributed by atoms with Crippen molar-refractivity contribution in [1.82, 2.24) is 0 Å². The van der Waals surface area contributed by atoms with E-state index in [1.54, 1.807) is 33.5 Å². The highest BCUT2D eigenvalue weighted by molar-refractivity contribution is 6.60. The van der Waals surface area contributed by atoms with Crippen LogP contribution < -0.4 is 0 Å². The van der Waals surface area contributed by atoms with E-state index in [1.165, 1.54) is 6.07 Å². The summed E-state index contributed by atoms with van der Waals surface area (Å²) in [6.07, 6.45) is 0. The number of benzene rings is 1. The second-order valence-corrected chi connectivity index (χ2v) is 6.92. The molecule has 0 saturated carbocycles. The average molecular weight is 258 g/mol. The van der Waals surface area contributed by atoms with Gasteiger partial charge in [-0.05, 0) is 17.5 Å². The van der Waals surface area contributed by atoms with Crippen LogP contribution in [0.3, 0.4) is 0 Å². The first-order chi connectivity index (χ1) is 8.08. The fraction of sp³-hybridized carbons (Fsp3) is 0.500. The summed E-state index contributed by atoms with van der Waals surface area (Å²) in [5.41, 5.74) is 0.663. The lowest BCUT2D eigenvalue weighted by Crippen LogP contribution is -2.43. The lowest BCUT2D eigenvalue weighted by atomic mass is 10.0. The van der Waals surface area contributed by atoms with Crippen LogP contribution in [0, 0.1) is 5.82 Å². The van der Waals surface area contributed by atoms with Gasteiger partial charge >= 0.3 is 8.80 Å². The molecular formula is C12H19FO3Si. The quantitative estimate of drug-likeness (QED) is 0.734. The van der Waals surface area contributed by atoms with Crippen LogP contribution in [-0.4, -0.2) is 30.1 Å². The Labute approximate surface area is 103 Å². The minimum atomic E-state index is -2.65. The Bertz CT molecular complexity index is 347. The molecule has 0 aliphatic heterocycles. The van der Waals surface area contributed by atoms with Crippen molar-refractivity contribution in [3.8, 4) is 0 Å². The SMILES string of the molecule is CO[Si](CC(C)c1ccccc1F)(OC)OC. The van der Waals surface area contributed by atoms with E-state index < -0.39 is 8.80 Å². The van der Waals surface area contributed by atoms with Crippen LogP contribution in [0.15, 0.2) is 24.3 Å². The molecule has 1 unspecified atom stereocenters. The fourth-order valence-corrected chi connectivity index (χ4v) is 3.83. The van der Waals surface area contributed by atoms with E-state index in [9.17, 15) is 4.39 Å². The maximum absolute atomic E-state index is 13.6. The maximum Gasteiger partial charge on any atom is 0.500 e. The van der Waals surface area contributed by atoms with Crippen LogP contribution in [-0.2, 0) is 13.3 Å². The third kappa shape index (κ3) is 3.35. The Kier molecular flexibility index (Phi) is 5.26. The largest absolute Gasteiger partial charge is 0.500 e. The van der Waals surface area contributed by atoms with Gasteiger partial charge in [-0.2, -0.15) is 0 Å². The molecule has 0 spiro atoms. The highest BCUT2D eigenvalue weighted by Gasteiger charge is 2.40. The molecule has 1 rings (SSSR count). The number of hydrogen-bond acceptors (Lipinski definition) is 3. The fourth-order valence-electron chi connectivity index (χ4n) is 1.86. The lowest BCUT2D eigenvalue weighted by Gasteiger charge is -2.27. The normalized spacial score (nSPS) is 13.7. The van der Waals surface area contributed by atoms with Crippen molar-refractivity contribution < 1.29 is 17.7 Å². The van der Waals surface area contributed by atoms with Gasteiger partial charge in [0.05, 0.1) is 0 Å². The van der Waals surface area contributed by atoms with Crippen molar-refractivity contribution in [1.29, 1.82) is 0 Å². The maximum atomic E-state index is 13.6. The molecular weight excluding hydrogens is 239 g/mol. The molecule has 0 heterocycles. The highest BCUT2D eigenvalue weighted by atomic mass is 28.4. The number of hydrogen-bond donors (Lipinski definition) is 0. The number of rotatable bonds is 6. The summed E-state index contributed by atoms with van der Waals surface area (Å²) in [5.74, 6) is -0.214. The summed E-state index contributed by atoms with van der Waals surface area (Å²) in [6.45, 7) is 1.94. The molecule has 0 radical (unpaired) electrons. The van der Waals surface area contributed by atoms with Crippen molar-refractivity contribution in [2.45, 2.75) is 18.9 Å². The van der Waals surface area contributed by atoms with E-state index in [4.69, 9.17) is 13.3 Å². The van der Waals surface area contributed by atoms with E-state index >= 15 is 0 Å². The van der Waals surface area contributed by atoms with Crippen LogP contribution >= 0.6 is 0 Å². The predicted octanol–water partition coefficient (Wildman–Crippen LogP) is 2.81. The summed E-state index contributed by atoms with van der Waals surface area (Å²) < 4.78 is 29.6. The molecule has 1 atom stereocenters. The van der Waals surface area contributed by atoms with Gasteiger partial charge in [0, 0.05) is 27.4 Å². The van der Waals surface area contributed by atoms with Crippen molar-refractivity contribution in [3.05, 3.63) is 35.6 Å². The zero-order valence-corrected chi connectivity index (χ0v) is 11.7. The zero-order chi connectivity index (χ0) is 12.9. The second-order valence-electron chi connectivity index (χ2n) is 3.92. The van der Waals surface area contributed by atoms with E-state index in [0.29, 0.717) is 11.6 Å². The summed E-state index contributed by atoms with van der Waals surface area (Å²) >= 11 is 0. The first-order valence-electron chi connectivity index (χ1n) is 5.48. The molecule has 3 nitrogen and oxygen atoms in total. The molecule has 0 fully saturated rings. The lowest BCUT2D eigenvalue weighted by molar-refractivity contribution is 0.121. The van der Waals surface area contributed by atoms with Gasteiger partial charge in [0.2, 0.25) is 0 Å². The highest BCUT2D eigenvalue weighted by Crippen LogP contribution is 2.28. The molecule has 1 aromatic rings. The van der Waals surface area contributed by atoms with Gasteiger partial charge in [0.25, 0.3) is 0 Å².